The zero-order chi connectivity index (χ0) is 21.7. The molecule has 2 aromatic carbocycles. The number of nitro groups is 1. The third kappa shape index (κ3) is 4.87. The summed E-state index contributed by atoms with van der Waals surface area (Å²) in [6.45, 7) is 2.82. The molecule has 1 fully saturated rings. The molecule has 30 heavy (non-hydrogen) atoms. The van der Waals surface area contributed by atoms with Crippen LogP contribution < -0.4 is 5.43 Å². The van der Waals surface area contributed by atoms with Crippen molar-refractivity contribution >= 4 is 27.3 Å². The number of ether oxygens (including phenoxy) is 1. The van der Waals surface area contributed by atoms with Crippen LogP contribution in [0.3, 0.4) is 0 Å². The molecule has 0 saturated carbocycles. The van der Waals surface area contributed by atoms with Crippen molar-refractivity contribution in [3.05, 3.63) is 69.8 Å². The number of rotatable bonds is 6. The molecule has 11 heteroatoms. The Kier molecular flexibility index (Phi) is 6.55. The van der Waals surface area contributed by atoms with Crippen molar-refractivity contribution in [3.8, 4) is 0 Å². The number of nitro benzene ring substituents is 1. The standard InChI is InChI=1S/C19H20N4O6S/c1-14(15-5-7-17(8-6-15)23(25)26)20-21-19(24)16-3-2-4-18(13-16)30(27,28)22-9-11-29-12-10-22/h2-8,13H,9-12H2,1H3,(H,21,24). The number of benzene rings is 2. The second-order valence-corrected chi connectivity index (χ2v) is 8.42. The van der Waals surface area contributed by atoms with Crippen LogP contribution in [0.15, 0.2) is 58.5 Å². The van der Waals surface area contributed by atoms with Gasteiger partial charge in [0.15, 0.2) is 0 Å². The van der Waals surface area contributed by atoms with Crippen LogP contribution in [-0.4, -0.2) is 55.6 Å². The molecule has 1 saturated heterocycles. The highest BCUT2D eigenvalue weighted by molar-refractivity contribution is 7.89. The Morgan fingerprint density at radius 1 is 1.13 bits per heavy atom. The quantitative estimate of drug-likeness (QED) is 0.420. The first-order chi connectivity index (χ1) is 14.3. The third-order valence-electron chi connectivity index (χ3n) is 4.53. The van der Waals surface area contributed by atoms with Gasteiger partial charge in [-0.2, -0.15) is 9.41 Å². The zero-order valence-electron chi connectivity index (χ0n) is 16.1. The number of carbonyl (C=O) groups is 1. The van der Waals surface area contributed by atoms with Crippen molar-refractivity contribution in [1.29, 1.82) is 0 Å². The summed E-state index contributed by atoms with van der Waals surface area (Å²) in [5.74, 6) is -0.574. The lowest BCUT2D eigenvalue weighted by Crippen LogP contribution is -2.40. The van der Waals surface area contributed by atoms with Crippen molar-refractivity contribution in [3.63, 3.8) is 0 Å². The lowest BCUT2D eigenvalue weighted by molar-refractivity contribution is -0.384. The summed E-state index contributed by atoms with van der Waals surface area (Å²) >= 11 is 0. The van der Waals surface area contributed by atoms with Gasteiger partial charge in [0.2, 0.25) is 10.0 Å². The fourth-order valence-electron chi connectivity index (χ4n) is 2.82. The highest BCUT2D eigenvalue weighted by Crippen LogP contribution is 2.18. The first kappa shape index (κ1) is 21.6. The van der Waals surface area contributed by atoms with Crippen molar-refractivity contribution in [2.45, 2.75) is 11.8 Å². The van der Waals surface area contributed by atoms with Gasteiger partial charge in [-0.05, 0) is 42.8 Å². The van der Waals surface area contributed by atoms with Gasteiger partial charge in [-0.1, -0.05) is 6.07 Å². The fourth-order valence-corrected chi connectivity index (χ4v) is 4.28. The predicted molar refractivity (Wildman–Crippen MR) is 109 cm³/mol. The minimum Gasteiger partial charge on any atom is -0.379 e. The Balaban J connectivity index is 1.73. The number of morpholine rings is 1. The number of nitrogens with zero attached hydrogens (tertiary/aromatic N) is 3. The van der Waals surface area contributed by atoms with Gasteiger partial charge in [-0.25, -0.2) is 13.8 Å². The van der Waals surface area contributed by atoms with Gasteiger partial charge < -0.3 is 4.74 Å². The SMILES string of the molecule is CC(=NNC(=O)c1cccc(S(=O)(=O)N2CCOCC2)c1)c1ccc([N+](=O)[O-])cc1. The monoisotopic (exact) mass is 432 g/mol. The molecule has 1 aliphatic rings. The Morgan fingerprint density at radius 2 is 1.80 bits per heavy atom. The summed E-state index contributed by atoms with van der Waals surface area (Å²) in [5.41, 5.74) is 3.52. The Labute approximate surface area is 173 Å². The van der Waals surface area contributed by atoms with E-state index in [2.05, 4.69) is 10.5 Å². The van der Waals surface area contributed by atoms with Gasteiger partial charge in [-0.15, -0.1) is 0 Å². The number of non-ortho nitro benzene ring substituents is 1. The number of nitrogens with one attached hydrogen (secondary N) is 1. The second kappa shape index (κ2) is 9.11. The highest BCUT2D eigenvalue weighted by atomic mass is 32.2. The topological polar surface area (TPSA) is 131 Å². The van der Waals surface area contributed by atoms with Crippen LogP contribution in [0.25, 0.3) is 0 Å². The minimum atomic E-state index is -3.72. The lowest BCUT2D eigenvalue weighted by Gasteiger charge is -2.26. The number of amides is 1. The Hall–Kier alpha value is -3.15. The third-order valence-corrected chi connectivity index (χ3v) is 6.42. The predicted octanol–water partition coefficient (Wildman–Crippen LogP) is 1.77. The van der Waals surface area contributed by atoms with E-state index in [0.29, 0.717) is 24.5 Å². The van der Waals surface area contributed by atoms with Gasteiger partial charge in [0, 0.05) is 30.8 Å². The molecule has 1 aliphatic heterocycles. The molecule has 0 aliphatic carbocycles. The van der Waals surface area contributed by atoms with E-state index in [-0.39, 0.29) is 29.2 Å². The highest BCUT2D eigenvalue weighted by Gasteiger charge is 2.26. The molecule has 1 amide bonds. The zero-order valence-corrected chi connectivity index (χ0v) is 17.0. The summed E-state index contributed by atoms with van der Waals surface area (Å²) in [5, 5.41) is 14.7. The summed E-state index contributed by atoms with van der Waals surface area (Å²) in [4.78, 5) is 22.7. The van der Waals surface area contributed by atoms with Crippen LogP contribution >= 0.6 is 0 Å². The minimum absolute atomic E-state index is 0.0214. The van der Waals surface area contributed by atoms with Crippen molar-refractivity contribution in [1.82, 2.24) is 9.73 Å². The molecule has 2 aromatic rings. The summed E-state index contributed by atoms with van der Waals surface area (Å²) in [7, 11) is -3.72. The first-order valence-electron chi connectivity index (χ1n) is 9.06. The molecule has 158 valence electrons. The summed E-state index contributed by atoms with van der Waals surface area (Å²) < 4.78 is 32.0. The van der Waals surface area contributed by atoms with Gasteiger partial charge >= 0.3 is 0 Å². The largest absolute Gasteiger partial charge is 0.379 e. The molecule has 1 N–H and O–H groups in total. The molecule has 0 atom stereocenters. The van der Waals surface area contributed by atoms with Gasteiger partial charge in [-0.3, -0.25) is 14.9 Å². The van der Waals surface area contributed by atoms with E-state index < -0.39 is 20.9 Å². The molecular formula is C19H20N4O6S. The Morgan fingerprint density at radius 3 is 2.43 bits per heavy atom. The number of carbonyl (C=O) groups excluding carboxylic acids is 1. The van der Waals surface area contributed by atoms with Crippen LogP contribution in [0.1, 0.15) is 22.8 Å². The number of hydrazone groups is 1. The molecule has 0 aromatic heterocycles. The second-order valence-electron chi connectivity index (χ2n) is 6.49. The average molecular weight is 432 g/mol. The van der Waals surface area contributed by atoms with Gasteiger partial charge in [0.25, 0.3) is 11.6 Å². The molecule has 0 bridgehead atoms. The van der Waals surface area contributed by atoms with Crippen molar-refractivity contribution < 1.29 is 22.9 Å². The van der Waals surface area contributed by atoms with Crippen molar-refractivity contribution in [2.24, 2.45) is 5.10 Å². The normalized spacial score (nSPS) is 15.6. The van der Waals surface area contributed by atoms with E-state index in [4.69, 9.17) is 4.74 Å². The van der Waals surface area contributed by atoms with Gasteiger partial charge in [0.1, 0.15) is 0 Å². The maximum atomic E-state index is 12.8. The Bertz CT molecular complexity index is 1080. The molecule has 10 nitrogen and oxygen atoms in total. The van der Waals surface area contributed by atoms with Crippen LogP contribution in [0, 0.1) is 10.1 Å². The van der Waals surface area contributed by atoms with E-state index >= 15 is 0 Å². The van der Waals surface area contributed by atoms with E-state index in [1.54, 1.807) is 6.92 Å². The molecular weight excluding hydrogens is 412 g/mol. The van der Waals surface area contributed by atoms with Crippen LogP contribution in [-0.2, 0) is 14.8 Å². The molecule has 1 heterocycles. The maximum Gasteiger partial charge on any atom is 0.271 e. The first-order valence-corrected chi connectivity index (χ1v) is 10.5. The fraction of sp³-hybridized carbons (Fsp3) is 0.263. The molecule has 0 unspecified atom stereocenters. The summed E-state index contributed by atoms with van der Waals surface area (Å²) in [6, 6.07) is 11.5. The summed E-state index contributed by atoms with van der Waals surface area (Å²) in [6.07, 6.45) is 0. The smallest absolute Gasteiger partial charge is 0.271 e. The molecule has 0 spiro atoms. The van der Waals surface area contributed by atoms with E-state index in [1.807, 2.05) is 0 Å². The molecule has 3 rings (SSSR count). The number of hydrogen-bond acceptors (Lipinski definition) is 7. The van der Waals surface area contributed by atoms with Crippen LogP contribution in [0.5, 0.6) is 0 Å². The van der Waals surface area contributed by atoms with Crippen molar-refractivity contribution in [2.75, 3.05) is 26.3 Å². The number of hydrogen-bond donors (Lipinski definition) is 1. The van der Waals surface area contributed by atoms with Crippen LogP contribution in [0.4, 0.5) is 5.69 Å². The van der Waals surface area contributed by atoms with Crippen LogP contribution in [0.2, 0.25) is 0 Å². The lowest BCUT2D eigenvalue weighted by atomic mass is 10.1. The van der Waals surface area contributed by atoms with Gasteiger partial charge in [0.05, 0.1) is 28.7 Å². The van der Waals surface area contributed by atoms with E-state index in [0.717, 1.165) is 0 Å². The maximum absolute atomic E-state index is 12.8. The average Bonchev–Trinajstić information content (AvgIpc) is 2.78. The molecule has 0 radical (unpaired) electrons. The van der Waals surface area contributed by atoms with E-state index in [1.165, 1.54) is 52.8 Å². The van der Waals surface area contributed by atoms with E-state index in [9.17, 15) is 23.3 Å². The number of sulfonamides is 1.